The molecule has 0 saturated carbocycles. The predicted molar refractivity (Wildman–Crippen MR) is 257 cm³/mol. The highest BCUT2D eigenvalue weighted by Gasteiger charge is 2.28. The lowest BCUT2D eigenvalue weighted by atomic mass is 9.87. The third kappa shape index (κ3) is 9.70. The van der Waals surface area contributed by atoms with E-state index >= 15 is 0 Å². The van der Waals surface area contributed by atoms with Gasteiger partial charge in [0.05, 0.1) is 33.2 Å². The zero-order valence-electron chi connectivity index (χ0n) is 37.0. The van der Waals surface area contributed by atoms with Gasteiger partial charge in [0, 0.05) is 91.8 Å². The number of aromatic nitrogens is 3. The maximum Gasteiger partial charge on any atom is 0.250 e. The average molecular weight is 892 g/mol. The van der Waals surface area contributed by atoms with E-state index in [1.165, 1.54) is 18.2 Å². The standard InChI is InChI=1S/3C17H19N3O2/c3*1-2-15(21)20-9-3-4-11(10-20)12-5-6-14(17(18)22)16-13(12)7-8-19-16/h3*2,5-8,11,19H,1,3-4,9-10H2,(H2,18,22)/t2*11-;/m10./s1. The third-order valence-electron chi connectivity index (χ3n) is 13.1. The number of carbonyl (C=O) groups excluding carboxylic acids is 6. The number of hydrogen-bond acceptors (Lipinski definition) is 6. The molecule has 9 rings (SSSR count). The second-order valence-corrected chi connectivity index (χ2v) is 17.0. The molecule has 0 bridgehead atoms. The van der Waals surface area contributed by atoms with Crippen LogP contribution in [-0.4, -0.2) is 104 Å². The fraction of sp³-hybridized carbons (Fsp3) is 0.294. The third-order valence-corrected chi connectivity index (χ3v) is 13.1. The van der Waals surface area contributed by atoms with Gasteiger partial charge in [0.25, 0.3) is 17.7 Å². The second kappa shape index (κ2) is 20.4. The molecule has 1 unspecified atom stereocenters. The Morgan fingerprint density at radius 3 is 0.970 bits per heavy atom. The Bertz CT molecular complexity index is 2550. The smallest absolute Gasteiger partial charge is 0.250 e. The molecule has 15 nitrogen and oxygen atoms in total. The molecule has 0 radical (unpaired) electrons. The first-order chi connectivity index (χ1) is 31.8. The average Bonchev–Trinajstić information content (AvgIpc) is 4.15. The Morgan fingerprint density at radius 2 is 0.727 bits per heavy atom. The normalized spacial score (nSPS) is 18.4. The molecule has 9 N–H and O–H groups in total. The molecule has 0 aliphatic carbocycles. The number of amides is 6. The molecule has 3 saturated heterocycles. The number of nitrogens with zero attached hydrogens (tertiary/aromatic N) is 3. The Hall–Kier alpha value is -7.68. The number of primary amides is 3. The minimum Gasteiger partial charge on any atom is -0.366 e. The van der Waals surface area contributed by atoms with Gasteiger partial charge in [-0.15, -0.1) is 0 Å². The van der Waals surface area contributed by atoms with E-state index in [-0.39, 0.29) is 35.5 Å². The maximum absolute atomic E-state index is 11.8. The van der Waals surface area contributed by atoms with Crippen LogP contribution in [0.3, 0.4) is 0 Å². The molecule has 6 heterocycles. The highest BCUT2D eigenvalue weighted by atomic mass is 16.2. The van der Waals surface area contributed by atoms with Crippen LogP contribution in [0.15, 0.2) is 111 Å². The molecule has 15 heteroatoms. The highest BCUT2D eigenvalue weighted by Crippen LogP contribution is 2.36. The zero-order valence-corrected chi connectivity index (χ0v) is 37.0. The summed E-state index contributed by atoms with van der Waals surface area (Å²) in [5, 5.41) is 3.03. The molecular formula is C51H57N9O6. The van der Waals surface area contributed by atoms with Gasteiger partial charge in [-0.25, -0.2) is 0 Å². The van der Waals surface area contributed by atoms with Gasteiger partial charge in [0.1, 0.15) is 0 Å². The number of fused-ring (bicyclic) bond motifs is 3. The van der Waals surface area contributed by atoms with Crippen molar-refractivity contribution >= 4 is 68.2 Å². The number of H-pyrrole nitrogens is 3. The minimum absolute atomic E-state index is 0.0243. The molecule has 3 fully saturated rings. The van der Waals surface area contributed by atoms with E-state index in [9.17, 15) is 28.8 Å². The van der Waals surface area contributed by atoms with Gasteiger partial charge in [-0.2, -0.15) is 0 Å². The number of hydrogen-bond donors (Lipinski definition) is 6. The van der Waals surface area contributed by atoms with Gasteiger partial charge < -0.3 is 46.9 Å². The van der Waals surface area contributed by atoms with Crippen molar-refractivity contribution in [3.8, 4) is 0 Å². The molecule has 3 aliphatic rings. The first kappa shape index (κ1) is 46.3. The van der Waals surface area contributed by atoms with Crippen molar-refractivity contribution in [1.29, 1.82) is 0 Å². The van der Waals surface area contributed by atoms with Crippen molar-refractivity contribution in [2.24, 2.45) is 17.2 Å². The summed E-state index contributed by atoms with van der Waals surface area (Å²) in [6.07, 6.45) is 15.5. The fourth-order valence-corrected chi connectivity index (χ4v) is 9.90. The second-order valence-electron chi connectivity index (χ2n) is 17.0. The number of nitrogens with one attached hydrogen (secondary N) is 3. The summed E-state index contributed by atoms with van der Waals surface area (Å²) in [5.41, 5.74) is 23.6. The largest absolute Gasteiger partial charge is 0.366 e. The van der Waals surface area contributed by atoms with Crippen LogP contribution >= 0.6 is 0 Å². The van der Waals surface area contributed by atoms with E-state index < -0.39 is 17.7 Å². The number of benzene rings is 3. The van der Waals surface area contributed by atoms with Gasteiger partial charge in [0.2, 0.25) is 17.7 Å². The Balaban J connectivity index is 0.000000147. The molecule has 3 atom stereocenters. The first-order valence-corrected chi connectivity index (χ1v) is 22.3. The summed E-state index contributed by atoms with van der Waals surface area (Å²) < 4.78 is 0. The molecule has 6 aromatic rings. The van der Waals surface area contributed by atoms with Crippen LogP contribution in [0.1, 0.15) is 104 Å². The Labute approximate surface area is 382 Å². The van der Waals surface area contributed by atoms with Crippen LogP contribution in [-0.2, 0) is 14.4 Å². The summed E-state index contributed by atoms with van der Waals surface area (Å²) in [7, 11) is 0. The van der Waals surface area contributed by atoms with Gasteiger partial charge >= 0.3 is 0 Å². The number of rotatable bonds is 9. The lowest BCUT2D eigenvalue weighted by molar-refractivity contribution is -0.127. The van der Waals surface area contributed by atoms with Crippen molar-refractivity contribution in [3.05, 3.63) is 145 Å². The summed E-state index contributed by atoms with van der Waals surface area (Å²) in [4.78, 5) is 84.9. The molecule has 3 aromatic heterocycles. The van der Waals surface area contributed by atoms with Crippen LogP contribution in [0.4, 0.5) is 0 Å². The van der Waals surface area contributed by atoms with Crippen LogP contribution in [0.5, 0.6) is 0 Å². The van der Waals surface area contributed by atoms with Gasteiger partial charge in [-0.05, 0) is 110 Å². The monoisotopic (exact) mass is 891 g/mol. The minimum atomic E-state index is -0.439. The summed E-state index contributed by atoms with van der Waals surface area (Å²) in [5.74, 6) is -0.603. The maximum atomic E-state index is 11.8. The number of likely N-dealkylation sites (tertiary alicyclic amines) is 3. The Morgan fingerprint density at radius 1 is 0.455 bits per heavy atom. The topological polar surface area (TPSA) is 238 Å². The summed E-state index contributed by atoms with van der Waals surface area (Å²) in [6.45, 7) is 15.0. The Kier molecular flexibility index (Phi) is 14.3. The van der Waals surface area contributed by atoms with E-state index in [1.54, 1.807) is 18.2 Å². The van der Waals surface area contributed by atoms with Crippen molar-refractivity contribution in [1.82, 2.24) is 29.7 Å². The van der Waals surface area contributed by atoms with Gasteiger partial charge in [-0.3, -0.25) is 28.8 Å². The van der Waals surface area contributed by atoms with Crippen molar-refractivity contribution in [3.63, 3.8) is 0 Å². The lowest BCUT2D eigenvalue weighted by Crippen LogP contribution is -2.38. The van der Waals surface area contributed by atoms with E-state index in [1.807, 2.05) is 69.7 Å². The van der Waals surface area contributed by atoms with E-state index in [0.29, 0.717) is 36.3 Å². The van der Waals surface area contributed by atoms with Crippen LogP contribution < -0.4 is 17.2 Å². The SMILES string of the molecule is C=CC(=O)N1CCCC(c2ccc(C(N)=O)c3[nH]ccc23)C1.C=CC(=O)N1CCC[C@@H](c2ccc(C(N)=O)c3[nH]ccc23)C1.C=CC(=O)N1CCC[C@H](c2ccc(C(N)=O)c3[nH]ccc23)C1. The molecule has 6 amide bonds. The fourth-order valence-electron chi connectivity index (χ4n) is 9.90. The lowest BCUT2D eigenvalue weighted by Gasteiger charge is -2.32. The first-order valence-electron chi connectivity index (χ1n) is 22.3. The molecule has 0 spiro atoms. The number of aromatic amines is 3. The van der Waals surface area contributed by atoms with E-state index in [0.717, 1.165) is 108 Å². The van der Waals surface area contributed by atoms with Crippen LogP contribution in [0.25, 0.3) is 32.7 Å². The van der Waals surface area contributed by atoms with Crippen molar-refractivity contribution in [2.75, 3.05) is 39.3 Å². The zero-order chi connectivity index (χ0) is 47.1. The van der Waals surface area contributed by atoms with Gasteiger partial charge in [-0.1, -0.05) is 37.9 Å². The van der Waals surface area contributed by atoms with Crippen molar-refractivity contribution < 1.29 is 28.8 Å². The number of nitrogens with two attached hydrogens (primary N) is 3. The summed E-state index contributed by atoms with van der Waals surface area (Å²) in [6, 6.07) is 17.1. The number of carbonyl (C=O) groups is 6. The molecule has 3 aliphatic heterocycles. The molecule has 342 valence electrons. The van der Waals surface area contributed by atoms with E-state index in [4.69, 9.17) is 17.2 Å². The predicted octanol–water partition coefficient (Wildman–Crippen LogP) is 6.48. The molecule has 66 heavy (non-hydrogen) atoms. The van der Waals surface area contributed by atoms with E-state index in [2.05, 4.69) is 34.7 Å². The van der Waals surface area contributed by atoms with Crippen LogP contribution in [0, 0.1) is 0 Å². The van der Waals surface area contributed by atoms with Crippen LogP contribution in [0.2, 0.25) is 0 Å². The number of piperidine rings is 3. The summed E-state index contributed by atoms with van der Waals surface area (Å²) >= 11 is 0. The van der Waals surface area contributed by atoms with Crippen molar-refractivity contribution in [2.45, 2.75) is 56.3 Å². The highest BCUT2D eigenvalue weighted by molar-refractivity contribution is 6.07. The molecular weight excluding hydrogens is 835 g/mol. The molecule has 3 aromatic carbocycles. The quantitative estimate of drug-likeness (QED) is 0.0889. The van der Waals surface area contributed by atoms with Gasteiger partial charge in [0.15, 0.2) is 0 Å².